The average molecular weight is 512 g/mol. The second-order valence-corrected chi connectivity index (χ2v) is 12.6. The molecule has 204 valence electrons. The van der Waals surface area contributed by atoms with Crippen LogP contribution in [0.2, 0.25) is 0 Å². The molecule has 1 aromatic rings. The molecule has 4 bridgehead atoms. The van der Waals surface area contributed by atoms with Gasteiger partial charge in [0.2, 0.25) is 11.8 Å². The molecule has 2 amide bonds. The van der Waals surface area contributed by atoms with Gasteiger partial charge in [0.15, 0.2) is 0 Å². The number of rotatable bonds is 9. The molecule has 5 aliphatic carbocycles. The largest absolute Gasteiger partial charge is 0.477 e. The molecule has 8 heteroatoms. The Morgan fingerprint density at radius 2 is 1.68 bits per heavy atom. The van der Waals surface area contributed by atoms with Gasteiger partial charge in [0, 0.05) is 18.5 Å². The van der Waals surface area contributed by atoms with Gasteiger partial charge in [-0.3, -0.25) is 9.59 Å². The first-order valence-electron chi connectivity index (χ1n) is 15.1. The van der Waals surface area contributed by atoms with Crippen molar-refractivity contribution in [1.82, 2.24) is 25.7 Å². The van der Waals surface area contributed by atoms with E-state index < -0.39 is 0 Å². The third-order valence-corrected chi connectivity index (χ3v) is 10.1. The monoisotopic (exact) mass is 511 g/mol. The number of carbonyl (C=O) groups excluding carboxylic acids is 2. The van der Waals surface area contributed by atoms with E-state index in [1.54, 1.807) is 10.9 Å². The topological polar surface area (TPSA) is 97.3 Å². The lowest BCUT2D eigenvalue weighted by Crippen LogP contribution is -2.55. The number of nitrogens with zero attached hydrogens (tertiary/aromatic N) is 2. The molecule has 6 aliphatic rings. The Bertz CT molecular complexity index is 921. The van der Waals surface area contributed by atoms with E-state index in [2.05, 4.69) is 21.0 Å². The van der Waals surface area contributed by atoms with E-state index in [-0.39, 0.29) is 17.7 Å². The summed E-state index contributed by atoms with van der Waals surface area (Å²) in [7, 11) is 0. The fraction of sp³-hybridized carbons (Fsp3) is 0.828. The molecule has 2 heterocycles. The first-order chi connectivity index (χ1) is 18.1. The van der Waals surface area contributed by atoms with Crippen molar-refractivity contribution in [3.63, 3.8) is 0 Å². The van der Waals surface area contributed by atoms with E-state index in [0.717, 1.165) is 37.8 Å². The summed E-state index contributed by atoms with van der Waals surface area (Å²) in [4.78, 5) is 26.2. The van der Waals surface area contributed by atoms with E-state index in [0.29, 0.717) is 54.9 Å². The number of piperidine rings is 1. The van der Waals surface area contributed by atoms with Gasteiger partial charge in [-0.2, -0.15) is 5.10 Å². The van der Waals surface area contributed by atoms with E-state index in [9.17, 15) is 9.59 Å². The van der Waals surface area contributed by atoms with Gasteiger partial charge in [-0.25, -0.2) is 4.68 Å². The molecule has 5 saturated carbocycles. The third kappa shape index (κ3) is 5.69. The first kappa shape index (κ1) is 25.2. The molecule has 6 fully saturated rings. The van der Waals surface area contributed by atoms with E-state index >= 15 is 0 Å². The average Bonchev–Trinajstić information content (AvgIpc) is 3.33. The van der Waals surface area contributed by atoms with Crippen molar-refractivity contribution in [2.24, 2.45) is 35.5 Å². The van der Waals surface area contributed by atoms with Gasteiger partial charge in [-0.1, -0.05) is 19.3 Å². The second-order valence-electron chi connectivity index (χ2n) is 12.6. The van der Waals surface area contributed by atoms with Gasteiger partial charge in [-0.15, -0.1) is 0 Å². The van der Waals surface area contributed by atoms with Crippen LogP contribution in [-0.2, 0) is 11.3 Å². The Morgan fingerprint density at radius 1 is 0.973 bits per heavy atom. The molecule has 37 heavy (non-hydrogen) atoms. The molecule has 1 saturated heterocycles. The molecule has 7 rings (SSSR count). The summed E-state index contributed by atoms with van der Waals surface area (Å²) >= 11 is 0. The van der Waals surface area contributed by atoms with Gasteiger partial charge < -0.3 is 20.7 Å². The van der Waals surface area contributed by atoms with E-state index in [4.69, 9.17) is 4.74 Å². The minimum atomic E-state index is -0.0406. The van der Waals surface area contributed by atoms with Crippen molar-refractivity contribution in [2.75, 3.05) is 26.2 Å². The van der Waals surface area contributed by atoms with Crippen LogP contribution in [0, 0.1) is 35.5 Å². The van der Waals surface area contributed by atoms with Crippen molar-refractivity contribution >= 4 is 11.8 Å². The maximum Gasteiger partial charge on any atom is 0.258 e. The van der Waals surface area contributed by atoms with Crippen molar-refractivity contribution in [1.29, 1.82) is 0 Å². The number of carbonyl (C=O) groups is 2. The zero-order valence-corrected chi connectivity index (χ0v) is 22.3. The fourth-order valence-electron chi connectivity index (χ4n) is 8.30. The second kappa shape index (κ2) is 11.3. The standard InChI is InChI=1S/C29H45N5O3/c35-27(22-6-8-30-9-7-22)31-10-11-34-29(37-18-19-4-2-1-3-5-19)25(17-32-34)28(36)33-26-23-13-20-12-21(15-23)16-24(26)14-20/h17,19-24,26,30H,1-16,18H2,(H,31,35)(H,33,36). The van der Waals surface area contributed by atoms with Crippen LogP contribution >= 0.6 is 0 Å². The Labute approximate surface area is 221 Å². The molecule has 3 N–H and O–H groups in total. The van der Waals surface area contributed by atoms with Crippen LogP contribution in [0.25, 0.3) is 0 Å². The summed E-state index contributed by atoms with van der Waals surface area (Å²) in [5.41, 5.74) is 0.550. The summed E-state index contributed by atoms with van der Waals surface area (Å²) in [6, 6.07) is 0.291. The third-order valence-electron chi connectivity index (χ3n) is 10.1. The normalized spacial score (nSPS) is 31.8. The fourth-order valence-corrected chi connectivity index (χ4v) is 8.30. The molecule has 1 aromatic heterocycles. The smallest absolute Gasteiger partial charge is 0.258 e. The highest BCUT2D eigenvalue weighted by Gasteiger charge is 2.48. The predicted molar refractivity (Wildman–Crippen MR) is 141 cm³/mol. The lowest BCUT2D eigenvalue weighted by atomic mass is 9.54. The Hall–Kier alpha value is -2.09. The minimum absolute atomic E-state index is 0.0406. The summed E-state index contributed by atoms with van der Waals surface area (Å²) < 4.78 is 8.16. The van der Waals surface area contributed by atoms with Crippen molar-refractivity contribution in [3.05, 3.63) is 11.8 Å². The van der Waals surface area contributed by atoms with Gasteiger partial charge in [0.05, 0.1) is 19.3 Å². The lowest BCUT2D eigenvalue weighted by Gasteiger charge is -2.54. The van der Waals surface area contributed by atoms with E-state index in [1.165, 1.54) is 64.2 Å². The minimum Gasteiger partial charge on any atom is -0.477 e. The number of amides is 2. The summed E-state index contributed by atoms with van der Waals surface area (Å²) in [5, 5.41) is 14.4. The highest BCUT2D eigenvalue weighted by molar-refractivity contribution is 5.96. The van der Waals surface area contributed by atoms with Crippen LogP contribution < -0.4 is 20.7 Å². The molecule has 8 nitrogen and oxygen atoms in total. The molecule has 0 radical (unpaired) electrons. The zero-order valence-electron chi connectivity index (χ0n) is 22.3. The number of hydrogen-bond donors (Lipinski definition) is 3. The number of nitrogens with one attached hydrogen (secondary N) is 3. The molecule has 0 atom stereocenters. The van der Waals surface area contributed by atoms with Crippen molar-refractivity contribution < 1.29 is 14.3 Å². The van der Waals surface area contributed by atoms with Crippen LogP contribution in [0.4, 0.5) is 0 Å². The summed E-state index contributed by atoms with van der Waals surface area (Å²) in [6.45, 7) is 3.42. The molecule has 0 spiro atoms. The molecule has 0 unspecified atom stereocenters. The molecule has 1 aliphatic heterocycles. The molecular weight excluding hydrogens is 466 g/mol. The Morgan fingerprint density at radius 3 is 2.38 bits per heavy atom. The number of hydrogen-bond acceptors (Lipinski definition) is 5. The highest BCUT2D eigenvalue weighted by atomic mass is 16.5. The number of aromatic nitrogens is 2. The van der Waals surface area contributed by atoms with Gasteiger partial charge in [0.1, 0.15) is 5.56 Å². The summed E-state index contributed by atoms with van der Waals surface area (Å²) in [6.07, 6.45) is 16.2. The highest BCUT2D eigenvalue weighted by Crippen LogP contribution is 2.53. The van der Waals surface area contributed by atoms with Crippen LogP contribution in [0.1, 0.15) is 87.4 Å². The van der Waals surface area contributed by atoms with Crippen LogP contribution in [0.15, 0.2) is 6.20 Å². The maximum atomic E-state index is 13.6. The maximum absolute atomic E-state index is 13.6. The SMILES string of the molecule is O=C(NC1C2CC3CC(C2)CC1C3)c1cnn(CCNC(=O)C2CCNCC2)c1OCC1CCCCC1. The molecular formula is C29H45N5O3. The quantitative estimate of drug-likeness (QED) is 0.471. The van der Waals surface area contributed by atoms with Gasteiger partial charge >= 0.3 is 0 Å². The van der Waals surface area contributed by atoms with Crippen LogP contribution in [0.3, 0.4) is 0 Å². The lowest BCUT2D eigenvalue weighted by molar-refractivity contribution is -0.125. The molecule has 0 aromatic carbocycles. The Balaban J connectivity index is 1.11. The Kier molecular flexibility index (Phi) is 7.72. The summed E-state index contributed by atoms with van der Waals surface area (Å²) in [5.74, 6) is 4.31. The zero-order chi connectivity index (χ0) is 25.2. The van der Waals surface area contributed by atoms with Crippen LogP contribution in [-0.4, -0.2) is 53.9 Å². The first-order valence-corrected chi connectivity index (χ1v) is 15.1. The predicted octanol–water partition coefficient (Wildman–Crippen LogP) is 3.51. The van der Waals surface area contributed by atoms with Gasteiger partial charge in [0.25, 0.3) is 5.91 Å². The van der Waals surface area contributed by atoms with Gasteiger partial charge in [-0.05, 0) is 100 Å². The number of ether oxygens (including phenoxy) is 1. The van der Waals surface area contributed by atoms with Crippen LogP contribution in [0.5, 0.6) is 5.88 Å². The van der Waals surface area contributed by atoms with Crippen molar-refractivity contribution in [2.45, 2.75) is 89.6 Å². The van der Waals surface area contributed by atoms with E-state index in [1.807, 2.05) is 0 Å². The van der Waals surface area contributed by atoms with Crippen molar-refractivity contribution in [3.8, 4) is 5.88 Å².